The summed E-state index contributed by atoms with van der Waals surface area (Å²) in [4.78, 5) is 0. The fourth-order valence-corrected chi connectivity index (χ4v) is 5.25. The maximum Gasteiger partial charge on any atom is 0.0654 e. The highest BCUT2D eigenvalue weighted by Gasteiger charge is 2.69. The van der Waals surface area contributed by atoms with Crippen LogP contribution in [-0.4, -0.2) is 21.4 Å². The van der Waals surface area contributed by atoms with Gasteiger partial charge in [-0.05, 0) is 68.6 Å². The van der Waals surface area contributed by atoms with Crippen LogP contribution in [0.3, 0.4) is 0 Å². The van der Waals surface area contributed by atoms with Crippen LogP contribution >= 0.6 is 0 Å². The van der Waals surface area contributed by atoms with E-state index in [1.54, 1.807) is 0 Å². The third-order valence-corrected chi connectivity index (χ3v) is 6.40. The van der Waals surface area contributed by atoms with E-state index in [4.69, 9.17) is 0 Å². The van der Waals surface area contributed by atoms with E-state index in [1.807, 2.05) is 13.8 Å². The van der Waals surface area contributed by atoms with Crippen molar-refractivity contribution < 1.29 is 10.2 Å². The van der Waals surface area contributed by atoms with Crippen LogP contribution in [0, 0.1) is 29.1 Å². The zero-order valence-corrected chi connectivity index (χ0v) is 11.5. The highest BCUT2D eigenvalue weighted by molar-refractivity contribution is 5.18. The first-order chi connectivity index (χ1) is 7.68. The topological polar surface area (TPSA) is 40.5 Å². The molecule has 6 atom stereocenters. The molecule has 3 saturated carbocycles. The maximum atomic E-state index is 10.7. The Morgan fingerprint density at radius 1 is 0.765 bits per heavy atom. The molecule has 17 heavy (non-hydrogen) atoms. The summed E-state index contributed by atoms with van der Waals surface area (Å²) in [5.41, 5.74) is -0.738. The van der Waals surface area contributed by atoms with Gasteiger partial charge in [-0.3, -0.25) is 0 Å². The van der Waals surface area contributed by atoms with Gasteiger partial charge in [0.25, 0.3) is 0 Å². The number of aliphatic hydroxyl groups is 2. The molecule has 0 aromatic heterocycles. The van der Waals surface area contributed by atoms with Gasteiger partial charge >= 0.3 is 0 Å². The van der Waals surface area contributed by atoms with Gasteiger partial charge in [-0.1, -0.05) is 13.8 Å². The quantitative estimate of drug-likeness (QED) is 0.681. The van der Waals surface area contributed by atoms with E-state index in [0.717, 1.165) is 25.7 Å². The minimum atomic E-state index is -0.561. The zero-order chi connectivity index (χ0) is 12.6. The largest absolute Gasteiger partial charge is 0.390 e. The van der Waals surface area contributed by atoms with Crippen LogP contribution in [0.5, 0.6) is 0 Å². The Morgan fingerprint density at radius 3 is 1.94 bits per heavy atom. The molecule has 0 unspecified atom stereocenters. The van der Waals surface area contributed by atoms with Gasteiger partial charge < -0.3 is 10.2 Å². The average Bonchev–Trinajstić information content (AvgIpc) is 2.59. The fourth-order valence-electron chi connectivity index (χ4n) is 5.25. The van der Waals surface area contributed by atoms with Crippen molar-refractivity contribution in [2.45, 2.75) is 64.6 Å². The van der Waals surface area contributed by atoms with Gasteiger partial charge in [-0.15, -0.1) is 0 Å². The van der Waals surface area contributed by atoms with Crippen molar-refractivity contribution in [2.24, 2.45) is 29.1 Å². The molecule has 0 aromatic carbocycles. The van der Waals surface area contributed by atoms with Gasteiger partial charge in [0.1, 0.15) is 0 Å². The van der Waals surface area contributed by atoms with E-state index >= 15 is 0 Å². The van der Waals surface area contributed by atoms with E-state index in [0.29, 0.717) is 29.1 Å². The van der Waals surface area contributed by atoms with Crippen molar-refractivity contribution in [1.29, 1.82) is 0 Å². The summed E-state index contributed by atoms with van der Waals surface area (Å²) >= 11 is 0. The normalized spacial score (nSPS) is 60.4. The van der Waals surface area contributed by atoms with E-state index in [-0.39, 0.29) is 0 Å². The van der Waals surface area contributed by atoms with Crippen molar-refractivity contribution >= 4 is 0 Å². The third kappa shape index (κ3) is 1.46. The number of hydrogen-bond acceptors (Lipinski definition) is 2. The predicted molar refractivity (Wildman–Crippen MR) is 67.5 cm³/mol. The number of rotatable bonds is 0. The monoisotopic (exact) mass is 238 g/mol. The second-order valence-corrected chi connectivity index (χ2v) is 7.88. The molecule has 0 aliphatic heterocycles. The Bertz CT molecular complexity index is 343. The molecule has 0 heterocycles. The SMILES string of the molecule is CC1(C)[C@H]2[C@H]3[C@@H](CC[C@@]3(C)O)[C@](C)(O)CC[C@H]21. The van der Waals surface area contributed by atoms with Gasteiger partial charge in [0.15, 0.2) is 0 Å². The molecule has 2 nitrogen and oxygen atoms in total. The Kier molecular flexibility index (Phi) is 2.17. The van der Waals surface area contributed by atoms with Gasteiger partial charge in [0.2, 0.25) is 0 Å². The summed E-state index contributed by atoms with van der Waals surface area (Å²) in [5.74, 6) is 1.95. The Morgan fingerprint density at radius 2 is 1.29 bits per heavy atom. The van der Waals surface area contributed by atoms with Crippen LogP contribution in [-0.2, 0) is 0 Å². The molecular weight excluding hydrogens is 212 g/mol. The van der Waals surface area contributed by atoms with Gasteiger partial charge in [0, 0.05) is 0 Å². The molecule has 3 rings (SSSR count). The van der Waals surface area contributed by atoms with Gasteiger partial charge in [-0.25, -0.2) is 0 Å². The maximum absolute atomic E-state index is 10.7. The van der Waals surface area contributed by atoms with Crippen LogP contribution in [0.1, 0.15) is 53.4 Å². The summed E-state index contributed by atoms with van der Waals surface area (Å²) in [6.07, 6.45) is 3.89. The van der Waals surface area contributed by atoms with Gasteiger partial charge in [-0.2, -0.15) is 0 Å². The lowest BCUT2D eigenvalue weighted by Gasteiger charge is -2.37. The van der Waals surface area contributed by atoms with Gasteiger partial charge in [0.05, 0.1) is 11.2 Å². The van der Waals surface area contributed by atoms with Crippen molar-refractivity contribution in [3.8, 4) is 0 Å². The van der Waals surface area contributed by atoms with E-state index < -0.39 is 11.2 Å². The summed E-state index contributed by atoms with van der Waals surface area (Å²) in [7, 11) is 0. The standard InChI is InChI=1S/C15H26O2/c1-13(2)9-5-7-14(3,16)10-6-8-15(4,17)12(10)11(9)13/h9-12,16-17H,5-8H2,1-4H3/t9-,10-,11-,12-,14-,15-/m1/s1. The average molecular weight is 238 g/mol. The summed E-state index contributed by atoms with van der Waals surface area (Å²) in [6, 6.07) is 0. The second-order valence-electron chi connectivity index (χ2n) is 7.88. The first kappa shape index (κ1) is 12.0. The summed E-state index contributed by atoms with van der Waals surface area (Å²) in [5, 5.41) is 21.3. The highest BCUT2D eigenvalue weighted by atomic mass is 16.3. The first-order valence-electron chi connectivity index (χ1n) is 7.13. The minimum absolute atomic E-state index is 0.300. The van der Waals surface area contributed by atoms with Crippen LogP contribution in [0.2, 0.25) is 0 Å². The summed E-state index contributed by atoms with van der Waals surface area (Å²) < 4.78 is 0. The molecule has 0 spiro atoms. The number of hydrogen-bond donors (Lipinski definition) is 2. The molecule has 0 saturated heterocycles. The highest BCUT2D eigenvalue weighted by Crippen LogP contribution is 2.71. The second kappa shape index (κ2) is 3.08. The molecular formula is C15H26O2. The molecule has 0 amide bonds. The van der Waals surface area contributed by atoms with Crippen molar-refractivity contribution in [1.82, 2.24) is 0 Å². The molecule has 2 N–H and O–H groups in total. The minimum Gasteiger partial charge on any atom is -0.390 e. The zero-order valence-electron chi connectivity index (χ0n) is 11.5. The molecule has 3 fully saturated rings. The summed E-state index contributed by atoms with van der Waals surface area (Å²) in [6.45, 7) is 8.66. The molecule has 98 valence electrons. The molecule has 0 aromatic rings. The lowest BCUT2D eigenvalue weighted by Crippen LogP contribution is -2.43. The smallest absolute Gasteiger partial charge is 0.0654 e. The van der Waals surface area contributed by atoms with E-state index in [9.17, 15) is 10.2 Å². The molecule has 3 aliphatic carbocycles. The Balaban J connectivity index is 1.99. The molecule has 0 bridgehead atoms. The molecule has 2 heteroatoms. The Labute approximate surface area is 104 Å². The molecule has 0 radical (unpaired) electrons. The van der Waals surface area contributed by atoms with E-state index in [2.05, 4.69) is 13.8 Å². The Hall–Kier alpha value is -0.0800. The third-order valence-electron chi connectivity index (χ3n) is 6.40. The number of fused-ring (bicyclic) bond motifs is 3. The lowest BCUT2D eigenvalue weighted by atomic mass is 9.73. The lowest BCUT2D eigenvalue weighted by molar-refractivity contribution is -0.0663. The van der Waals surface area contributed by atoms with E-state index in [1.165, 1.54) is 0 Å². The predicted octanol–water partition coefficient (Wildman–Crippen LogP) is 2.58. The van der Waals surface area contributed by atoms with Crippen molar-refractivity contribution in [2.75, 3.05) is 0 Å². The van der Waals surface area contributed by atoms with Crippen molar-refractivity contribution in [3.63, 3.8) is 0 Å². The van der Waals surface area contributed by atoms with Crippen LogP contribution in [0.15, 0.2) is 0 Å². The van der Waals surface area contributed by atoms with Crippen LogP contribution < -0.4 is 0 Å². The fraction of sp³-hybridized carbons (Fsp3) is 1.00. The first-order valence-corrected chi connectivity index (χ1v) is 7.13. The molecule has 3 aliphatic rings. The van der Waals surface area contributed by atoms with Crippen LogP contribution in [0.25, 0.3) is 0 Å². The van der Waals surface area contributed by atoms with Crippen molar-refractivity contribution in [3.05, 3.63) is 0 Å². The van der Waals surface area contributed by atoms with Crippen LogP contribution in [0.4, 0.5) is 0 Å².